The highest BCUT2D eigenvalue weighted by Gasteiger charge is 0.748. The van der Waals surface area contributed by atoms with Crippen molar-refractivity contribution < 1.29 is 23.9 Å². The van der Waals surface area contributed by atoms with Crippen LogP contribution < -0.4 is 0 Å². The average molecular weight is 150 g/mol. The van der Waals surface area contributed by atoms with Crippen LogP contribution in [-0.2, 0) is 0 Å². The van der Waals surface area contributed by atoms with Gasteiger partial charge in [0.05, 0.1) is 0 Å². The molecular weight excluding hydrogens is 140 g/mol. The van der Waals surface area contributed by atoms with Gasteiger partial charge < -0.3 is 0 Å². The van der Waals surface area contributed by atoms with Crippen molar-refractivity contribution in [2.45, 2.75) is 7.43 Å². The summed E-state index contributed by atoms with van der Waals surface area (Å²) in [5.41, 5.74) is 0. The van der Waals surface area contributed by atoms with Crippen molar-refractivity contribution in [3.05, 3.63) is 19.9 Å². The zero-order valence-electron chi connectivity index (χ0n) is 5.42. The molecule has 0 aromatic heterocycles. The molecule has 0 aliphatic carbocycles. The van der Waals surface area contributed by atoms with Crippen LogP contribution in [0.3, 0.4) is 0 Å². The first-order valence-corrected chi connectivity index (χ1v) is 0.733. The summed E-state index contributed by atoms with van der Waals surface area (Å²) in [6, 6.07) is 0. The lowest BCUT2D eigenvalue weighted by Crippen LogP contribution is -1.29. The van der Waals surface area contributed by atoms with Gasteiger partial charge in [-0.2, -0.15) is 0 Å². The van der Waals surface area contributed by atoms with E-state index in [1.165, 1.54) is 0 Å². The molecule has 0 bridgehead atoms. The Balaban J connectivity index is -0.00000000356. The smallest absolute Gasteiger partial charge is 0.255 e. The highest BCUT2D eigenvalue weighted by Crippen LogP contribution is 0.743. The van der Waals surface area contributed by atoms with Crippen LogP contribution in [0.5, 0.6) is 0 Å². The van der Waals surface area contributed by atoms with E-state index < -0.39 is 0 Å². The monoisotopic (exact) mass is 150 g/mol. The first kappa shape index (κ1) is 43.1. The lowest BCUT2D eigenvalue weighted by atomic mass is 12.0. The number of hydrogen-bond donors (Lipinski definition) is 4. The maximum Gasteiger partial charge on any atom is 1.00 e. The second kappa shape index (κ2) is 279. The minimum absolute atomic E-state index is 0. The van der Waals surface area contributed by atoms with Crippen molar-refractivity contribution in [3.8, 4) is 0 Å². The SMILES string of the molecule is C.O=O.O=O.OO.OO.[H+].[H+]. The Morgan fingerprint density at radius 3 is 0.667 bits per heavy atom. The minimum atomic E-state index is 0. The summed E-state index contributed by atoms with van der Waals surface area (Å²) in [4.78, 5) is 28.0. The molecule has 0 saturated heterocycles. The lowest BCUT2D eigenvalue weighted by molar-refractivity contribution is -0.176. The van der Waals surface area contributed by atoms with Crippen LogP contribution in [0.2, 0.25) is 0 Å². The summed E-state index contributed by atoms with van der Waals surface area (Å²) < 4.78 is 0. The van der Waals surface area contributed by atoms with Crippen molar-refractivity contribution in [2.75, 3.05) is 0 Å². The Bertz CT molecular complexity index is 14.1. The molecule has 0 aliphatic heterocycles. The molecule has 0 fully saturated rings. The number of rotatable bonds is 0. The van der Waals surface area contributed by atoms with Crippen molar-refractivity contribution >= 4 is 0 Å². The van der Waals surface area contributed by atoms with Gasteiger partial charge in [0.1, 0.15) is 0 Å². The maximum absolute atomic E-state index is 7.00. The molecular formula is CH10O8+2. The summed E-state index contributed by atoms with van der Waals surface area (Å²) in [5.74, 6) is 0. The fraction of sp³-hybridized carbons (Fsp3) is 1.00. The molecule has 9 heavy (non-hydrogen) atoms. The van der Waals surface area contributed by atoms with Gasteiger partial charge in [0.2, 0.25) is 0 Å². The van der Waals surface area contributed by atoms with Crippen LogP contribution in [0.15, 0.2) is 0 Å². The van der Waals surface area contributed by atoms with Crippen LogP contribution in [0.4, 0.5) is 0 Å². The van der Waals surface area contributed by atoms with Crippen molar-refractivity contribution in [1.82, 2.24) is 0 Å². The summed E-state index contributed by atoms with van der Waals surface area (Å²) >= 11 is 0. The third kappa shape index (κ3) is 194. The molecule has 0 aromatic carbocycles. The molecule has 0 spiro atoms. The first-order chi connectivity index (χ1) is 4.00. The predicted molar refractivity (Wildman–Crippen MR) is 32.9 cm³/mol. The van der Waals surface area contributed by atoms with E-state index in [1.54, 1.807) is 0 Å². The third-order valence-electron chi connectivity index (χ3n) is 0. The van der Waals surface area contributed by atoms with Crippen molar-refractivity contribution in [1.29, 1.82) is 0 Å². The topological polar surface area (TPSA) is 149 Å². The van der Waals surface area contributed by atoms with Gasteiger partial charge in [-0.15, -0.1) is 0 Å². The van der Waals surface area contributed by atoms with Crippen LogP contribution in [0, 0.1) is 19.9 Å². The standard InChI is InChI=1S/CH4.2H2O2.2O2/c;4*1-2/h1H4;2*1-2H;;/p+2. The van der Waals surface area contributed by atoms with Gasteiger partial charge >= 0.3 is 2.85 Å². The second-order valence-corrected chi connectivity index (χ2v) is 0. The molecule has 0 unspecified atom stereocenters. The zero-order chi connectivity index (χ0) is 8.00. The van der Waals surface area contributed by atoms with Crippen LogP contribution >= 0.6 is 0 Å². The van der Waals surface area contributed by atoms with E-state index in [1.807, 2.05) is 0 Å². The lowest BCUT2D eigenvalue weighted by Gasteiger charge is -1.25. The van der Waals surface area contributed by atoms with E-state index in [0.717, 1.165) is 0 Å². The molecule has 0 rings (SSSR count). The highest BCUT2D eigenvalue weighted by molar-refractivity contribution is 4.08. The Hall–Kier alpha value is -0.960. The molecule has 8 heteroatoms. The van der Waals surface area contributed by atoms with E-state index in [9.17, 15) is 0 Å². The largest absolute Gasteiger partial charge is 1.00 e. The summed E-state index contributed by atoms with van der Waals surface area (Å²) in [6.45, 7) is 0. The zero-order valence-corrected chi connectivity index (χ0v) is 3.42. The summed E-state index contributed by atoms with van der Waals surface area (Å²) in [7, 11) is 0. The highest BCUT2D eigenvalue weighted by atomic mass is 17.0. The fourth-order valence-electron chi connectivity index (χ4n) is 0. The van der Waals surface area contributed by atoms with Crippen LogP contribution in [0.25, 0.3) is 0 Å². The van der Waals surface area contributed by atoms with E-state index in [2.05, 4.69) is 0 Å². The second-order valence-electron chi connectivity index (χ2n) is 0. The number of hydrogen-bond acceptors (Lipinski definition) is 8. The van der Waals surface area contributed by atoms with Crippen molar-refractivity contribution in [3.63, 3.8) is 0 Å². The van der Waals surface area contributed by atoms with E-state index >= 15 is 0 Å². The van der Waals surface area contributed by atoms with Crippen molar-refractivity contribution in [2.24, 2.45) is 0 Å². The van der Waals surface area contributed by atoms with Gasteiger partial charge in [-0.25, -0.2) is 0 Å². The molecule has 4 N–H and O–H groups in total. The summed E-state index contributed by atoms with van der Waals surface area (Å²) in [5, 5.41) is 24.0. The Morgan fingerprint density at radius 1 is 0.667 bits per heavy atom. The molecule has 0 saturated carbocycles. The average Bonchev–Trinajstić information content (AvgIpc) is 2.03. The Labute approximate surface area is 52.6 Å². The van der Waals surface area contributed by atoms with Gasteiger partial charge in [0.25, 0.3) is 0 Å². The molecule has 0 radical (unpaired) electrons. The normalized spacial score (nSPS) is 2.22. The van der Waals surface area contributed by atoms with Gasteiger partial charge in [0, 0.05) is 19.9 Å². The minimum Gasteiger partial charge on any atom is -0.255 e. The molecule has 0 aliphatic rings. The molecule has 0 atom stereocenters. The van der Waals surface area contributed by atoms with E-state index in [0.29, 0.717) is 0 Å². The van der Waals surface area contributed by atoms with E-state index in [-0.39, 0.29) is 10.3 Å². The van der Waals surface area contributed by atoms with Gasteiger partial charge in [0.15, 0.2) is 0 Å². The predicted octanol–water partition coefficient (Wildman–Crippen LogP) is 1.03. The van der Waals surface area contributed by atoms with E-state index in [4.69, 9.17) is 40.9 Å². The molecule has 8 nitrogen and oxygen atoms in total. The molecule has 0 aromatic rings. The third-order valence-corrected chi connectivity index (χ3v) is 0. The fourth-order valence-corrected chi connectivity index (χ4v) is 0. The maximum atomic E-state index is 7.00. The molecule has 60 valence electrons. The molecule has 0 amide bonds. The van der Waals surface area contributed by atoms with Gasteiger partial charge in [-0.3, -0.25) is 21.0 Å². The van der Waals surface area contributed by atoms with Gasteiger partial charge in [-0.1, -0.05) is 7.43 Å². The van der Waals surface area contributed by atoms with Gasteiger partial charge in [-0.05, 0) is 0 Å². The Morgan fingerprint density at radius 2 is 0.667 bits per heavy atom. The van der Waals surface area contributed by atoms with Crippen LogP contribution in [0.1, 0.15) is 10.3 Å². The summed E-state index contributed by atoms with van der Waals surface area (Å²) in [6.07, 6.45) is 0. The Kier molecular flexibility index (Phi) is 1340. The van der Waals surface area contributed by atoms with Crippen LogP contribution in [-0.4, -0.2) is 21.0 Å². The quantitative estimate of drug-likeness (QED) is 0.295. The molecule has 0 heterocycles. The first-order valence-electron chi connectivity index (χ1n) is 0.733.